The molecule has 2 aromatic carbocycles. The third-order valence-electron chi connectivity index (χ3n) is 2.38. The van der Waals surface area contributed by atoms with Crippen molar-refractivity contribution in [2.45, 2.75) is 12.3 Å². The van der Waals surface area contributed by atoms with Crippen LogP contribution in [0.2, 0.25) is 0 Å². The van der Waals surface area contributed by atoms with Crippen LogP contribution in [0.15, 0.2) is 46.9 Å². The normalized spacial score (nSPS) is 10.3. The van der Waals surface area contributed by atoms with Crippen molar-refractivity contribution in [1.29, 1.82) is 0 Å². The highest BCUT2D eigenvalue weighted by Gasteiger charge is 2.04. The quantitative estimate of drug-likeness (QED) is 0.665. The van der Waals surface area contributed by atoms with Crippen LogP contribution in [0.3, 0.4) is 0 Å². The van der Waals surface area contributed by atoms with Crippen molar-refractivity contribution in [3.05, 3.63) is 58.1 Å². The van der Waals surface area contributed by atoms with Crippen molar-refractivity contribution in [2.24, 2.45) is 0 Å². The van der Waals surface area contributed by atoms with Gasteiger partial charge >= 0.3 is 0 Å². The number of halogens is 2. The Balaban J connectivity index is 2.29. The Kier molecular flexibility index (Phi) is 4.24. The van der Waals surface area contributed by atoms with Gasteiger partial charge in [-0.25, -0.2) is 0 Å². The second kappa shape index (κ2) is 5.69. The number of alkyl halides is 1. The highest BCUT2D eigenvalue weighted by Crippen LogP contribution is 2.29. The molecule has 0 N–H and O–H groups in total. The zero-order valence-corrected chi connectivity index (χ0v) is 12.6. The van der Waals surface area contributed by atoms with Gasteiger partial charge in [0.1, 0.15) is 11.5 Å². The van der Waals surface area contributed by atoms with Gasteiger partial charge in [-0.1, -0.05) is 55.6 Å². The summed E-state index contributed by atoms with van der Waals surface area (Å²) >= 11 is 6.91. The molecule has 1 nitrogen and oxygen atoms in total. The fraction of sp³-hybridized carbons (Fsp3) is 0.143. The lowest BCUT2D eigenvalue weighted by Gasteiger charge is -2.10. The molecule has 0 spiro atoms. The standard InChI is InChI=1S/C14H12Br2O/c1-10-5-6-14(11(7-10)9-15)17-13-4-2-3-12(16)8-13/h2-8H,9H2,1H3. The van der Waals surface area contributed by atoms with E-state index in [1.165, 1.54) is 5.56 Å². The third kappa shape index (κ3) is 3.33. The highest BCUT2D eigenvalue weighted by molar-refractivity contribution is 9.10. The molecule has 0 heterocycles. The maximum atomic E-state index is 5.88. The molecule has 17 heavy (non-hydrogen) atoms. The van der Waals surface area contributed by atoms with Crippen LogP contribution in [0.5, 0.6) is 11.5 Å². The van der Waals surface area contributed by atoms with Crippen LogP contribution < -0.4 is 4.74 Å². The Morgan fingerprint density at radius 1 is 1.12 bits per heavy atom. The summed E-state index contributed by atoms with van der Waals surface area (Å²) in [7, 11) is 0. The average Bonchev–Trinajstić information content (AvgIpc) is 2.31. The van der Waals surface area contributed by atoms with Crippen molar-refractivity contribution in [2.75, 3.05) is 0 Å². The first-order valence-electron chi connectivity index (χ1n) is 5.28. The lowest BCUT2D eigenvalue weighted by atomic mass is 10.1. The summed E-state index contributed by atoms with van der Waals surface area (Å²) in [5, 5.41) is 0.790. The molecule has 2 aromatic rings. The van der Waals surface area contributed by atoms with Crippen molar-refractivity contribution in [3.63, 3.8) is 0 Å². The van der Waals surface area contributed by atoms with E-state index in [0.717, 1.165) is 26.9 Å². The number of rotatable bonds is 3. The number of hydrogen-bond acceptors (Lipinski definition) is 1. The Hall–Kier alpha value is -0.800. The first kappa shape index (κ1) is 12.7. The molecule has 0 atom stereocenters. The van der Waals surface area contributed by atoms with Gasteiger partial charge in [0, 0.05) is 15.4 Å². The number of ether oxygens (including phenoxy) is 1. The Morgan fingerprint density at radius 2 is 1.94 bits per heavy atom. The van der Waals surface area contributed by atoms with Gasteiger partial charge in [0.25, 0.3) is 0 Å². The van der Waals surface area contributed by atoms with Crippen LogP contribution >= 0.6 is 31.9 Å². The summed E-state index contributed by atoms with van der Waals surface area (Å²) in [6, 6.07) is 14.0. The summed E-state index contributed by atoms with van der Waals surface area (Å²) in [5.74, 6) is 1.73. The van der Waals surface area contributed by atoms with Gasteiger partial charge in [-0.2, -0.15) is 0 Å². The molecule has 0 aromatic heterocycles. The summed E-state index contributed by atoms with van der Waals surface area (Å²) in [5.41, 5.74) is 2.39. The SMILES string of the molecule is Cc1ccc(Oc2cccc(Br)c2)c(CBr)c1. The zero-order valence-electron chi connectivity index (χ0n) is 9.41. The first-order valence-corrected chi connectivity index (χ1v) is 7.19. The molecule has 0 bridgehead atoms. The van der Waals surface area contributed by atoms with E-state index in [2.05, 4.69) is 50.9 Å². The molecule has 88 valence electrons. The molecular formula is C14H12Br2O. The van der Waals surface area contributed by atoms with E-state index in [0.29, 0.717) is 0 Å². The Labute approximate surface area is 118 Å². The van der Waals surface area contributed by atoms with Gasteiger partial charge in [-0.3, -0.25) is 0 Å². The molecule has 0 aliphatic carbocycles. The van der Waals surface area contributed by atoms with Crippen molar-refractivity contribution < 1.29 is 4.74 Å². The largest absolute Gasteiger partial charge is 0.457 e. The second-order valence-electron chi connectivity index (χ2n) is 3.80. The van der Waals surface area contributed by atoms with Crippen molar-refractivity contribution in [1.82, 2.24) is 0 Å². The Morgan fingerprint density at radius 3 is 2.65 bits per heavy atom. The van der Waals surface area contributed by atoms with E-state index < -0.39 is 0 Å². The number of hydrogen-bond donors (Lipinski definition) is 0. The lowest BCUT2D eigenvalue weighted by Crippen LogP contribution is -1.90. The molecule has 0 aliphatic rings. The fourth-order valence-electron chi connectivity index (χ4n) is 1.57. The molecular weight excluding hydrogens is 344 g/mol. The summed E-state index contributed by atoms with van der Waals surface area (Å²) in [6.45, 7) is 2.08. The number of aryl methyl sites for hydroxylation is 1. The van der Waals surface area contributed by atoms with Gasteiger partial charge in [0.2, 0.25) is 0 Å². The van der Waals surface area contributed by atoms with Crippen molar-refractivity contribution >= 4 is 31.9 Å². The van der Waals surface area contributed by atoms with Gasteiger partial charge in [-0.05, 0) is 31.2 Å². The van der Waals surface area contributed by atoms with Crippen LogP contribution in [0.25, 0.3) is 0 Å². The molecule has 0 unspecified atom stereocenters. The van der Waals surface area contributed by atoms with E-state index in [-0.39, 0.29) is 0 Å². The van der Waals surface area contributed by atoms with Crippen LogP contribution in [-0.4, -0.2) is 0 Å². The molecule has 0 fully saturated rings. The van der Waals surface area contributed by atoms with E-state index >= 15 is 0 Å². The zero-order chi connectivity index (χ0) is 12.3. The maximum Gasteiger partial charge on any atom is 0.131 e. The van der Waals surface area contributed by atoms with Crippen LogP contribution in [0.4, 0.5) is 0 Å². The van der Waals surface area contributed by atoms with Crippen LogP contribution in [0, 0.1) is 6.92 Å². The van der Waals surface area contributed by atoms with Crippen LogP contribution in [0.1, 0.15) is 11.1 Å². The summed E-state index contributed by atoms with van der Waals surface area (Å²) in [6.07, 6.45) is 0. The van der Waals surface area contributed by atoms with Gasteiger partial charge < -0.3 is 4.74 Å². The summed E-state index contributed by atoms with van der Waals surface area (Å²) < 4.78 is 6.89. The molecule has 2 rings (SSSR count). The minimum absolute atomic E-state index is 0.790. The van der Waals surface area contributed by atoms with Gasteiger partial charge in [0.15, 0.2) is 0 Å². The van der Waals surface area contributed by atoms with E-state index in [4.69, 9.17) is 4.74 Å². The third-order valence-corrected chi connectivity index (χ3v) is 3.48. The van der Waals surface area contributed by atoms with Gasteiger partial charge in [-0.15, -0.1) is 0 Å². The first-order chi connectivity index (χ1) is 8.19. The predicted molar refractivity (Wildman–Crippen MR) is 78.0 cm³/mol. The lowest BCUT2D eigenvalue weighted by molar-refractivity contribution is 0.478. The van der Waals surface area contributed by atoms with E-state index in [1.807, 2.05) is 30.3 Å². The molecule has 0 amide bonds. The monoisotopic (exact) mass is 354 g/mol. The highest BCUT2D eigenvalue weighted by atomic mass is 79.9. The molecule has 0 saturated heterocycles. The predicted octanol–water partition coefficient (Wildman–Crippen LogP) is 5.44. The molecule has 0 radical (unpaired) electrons. The smallest absolute Gasteiger partial charge is 0.131 e. The van der Waals surface area contributed by atoms with E-state index in [9.17, 15) is 0 Å². The molecule has 0 aliphatic heterocycles. The minimum Gasteiger partial charge on any atom is -0.457 e. The fourth-order valence-corrected chi connectivity index (χ4v) is 2.39. The van der Waals surface area contributed by atoms with E-state index in [1.54, 1.807) is 0 Å². The maximum absolute atomic E-state index is 5.88. The van der Waals surface area contributed by atoms with Crippen LogP contribution in [-0.2, 0) is 5.33 Å². The van der Waals surface area contributed by atoms with Gasteiger partial charge in [0.05, 0.1) is 0 Å². The second-order valence-corrected chi connectivity index (χ2v) is 5.28. The van der Waals surface area contributed by atoms with Crippen molar-refractivity contribution in [3.8, 4) is 11.5 Å². The summed E-state index contributed by atoms with van der Waals surface area (Å²) in [4.78, 5) is 0. The minimum atomic E-state index is 0.790. The number of benzene rings is 2. The Bertz CT molecular complexity index is 523. The molecule has 3 heteroatoms. The topological polar surface area (TPSA) is 9.23 Å². The molecule has 0 saturated carbocycles. The average molecular weight is 356 g/mol.